The van der Waals surface area contributed by atoms with E-state index in [0.717, 1.165) is 21.6 Å². The Balaban J connectivity index is 1.69. The van der Waals surface area contributed by atoms with E-state index < -0.39 is 5.69 Å². The lowest BCUT2D eigenvalue weighted by molar-refractivity contribution is 0.0726. The van der Waals surface area contributed by atoms with Crippen LogP contribution in [0.25, 0.3) is 5.65 Å². The zero-order chi connectivity index (χ0) is 22.5. The minimum Gasteiger partial charge on any atom is -0.497 e. The molecule has 32 heavy (non-hydrogen) atoms. The van der Waals surface area contributed by atoms with Gasteiger partial charge in [0, 0.05) is 19.0 Å². The van der Waals surface area contributed by atoms with E-state index in [2.05, 4.69) is 15.3 Å². The number of ether oxygens (including phenoxy) is 1. The van der Waals surface area contributed by atoms with Crippen molar-refractivity contribution in [2.45, 2.75) is 19.6 Å². The van der Waals surface area contributed by atoms with Crippen LogP contribution in [0.4, 0.5) is 0 Å². The molecule has 10 heteroatoms. The maximum Gasteiger partial charge on any atom is 0.353 e. The fourth-order valence-corrected chi connectivity index (χ4v) is 3.47. The quantitative estimate of drug-likeness (QED) is 0.381. The molecule has 0 atom stereocenters. The molecule has 9 nitrogen and oxygen atoms in total. The largest absolute Gasteiger partial charge is 0.497 e. The molecule has 0 spiro atoms. The summed E-state index contributed by atoms with van der Waals surface area (Å²) in [6, 6.07) is 17.1. The van der Waals surface area contributed by atoms with E-state index in [0.29, 0.717) is 13.1 Å². The van der Waals surface area contributed by atoms with E-state index in [1.54, 1.807) is 12.0 Å². The van der Waals surface area contributed by atoms with Gasteiger partial charge in [0.2, 0.25) is 0 Å². The molecule has 0 saturated heterocycles. The topological polar surface area (TPSA) is 94.6 Å². The summed E-state index contributed by atoms with van der Waals surface area (Å²) in [4.78, 5) is 31.9. The van der Waals surface area contributed by atoms with Gasteiger partial charge in [0.15, 0.2) is 11.3 Å². The van der Waals surface area contributed by atoms with Gasteiger partial charge in [-0.3, -0.25) is 4.79 Å². The van der Waals surface area contributed by atoms with E-state index in [4.69, 9.17) is 16.3 Å². The standard InChI is InChI=1S/C22H21ClN6O3/c1-32-18-9-7-17(8-10-18)14-27(13-16-5-3-2-4-6-16)21(30)19-20-25-26-29(12-11-23)22(31)28(20)15-24-19/h2-10,15H,11-14H2,1H3. The molecule has 0 bridgehead atoms. The summed E-state index contributed by atoms with van der Waals surface area (Å²) in [6.07, 6.45) is 1.29. The van der Waals surface area contributed by atoms with Crippen LogP contribution in [0.15, 0.2) is 65.7 Å². The predicted octanol–water partition coefficient (Wildman–Crippen LogP) is 2.38. The number of fused-ring (bicyclic) bond motifs is 1. The molecule has 2 aromatic heterocycles. The summed E-state index contributed by atoms with van der Waals surface area (Å²) in [5.41, 5.74) is 1.62. The van der Waals surface area contributed by atoms with E-state index in [9.17, 15) is 9.59 Å². The second-order valence-corrected chi connectivity index (χ2v) is 7.44. The number of carbonyl (C=O) groups is 1. The molecular formula is C22H21ClN6O3. The smallest absolute Gasteiger partial charge is 0.353 e. The number of amides is 1. The number of nitrogens with zero attached hydrogens (tertiary/aromatic N) is 6. The Labute approximate surface area is 188 Å². The summed E-state index contributed by atoms with van der Waals surface area (Å²) in [5, 5.41) is 7.93. The monoisotopic (exact) mass is 452 g/mol. The molecule has 0 fully saturated rings. The van der Waals surface area contributed by atoms with Crippen molar-refractivity contribution >= 4 is 23.2 Å². The number of alkyl halides is 1. The van der Waals surface area contributed by atoms with Gasteiger partial charge in [-0.1, -0.05) is 47.7 Å². The van der Waals surface area contributed by atoms with Gasteiger partial charge < -0.3 is 9.64 Å². The lowest BCUT2D eigenvalue weighted by Gasteiger charge is -2.22. The van der Waals surface area contributed by atoms with Gasteiger partial charge in [-0.05, 0) is 23.3 Å². The summed E-state index contributed by atoms with van der Waals surface area (Å²) >= 11 is 5.71. The number of aryl methyl sites for hydroxylation is 1. The molecule has 0 unspecified atom stereocenters. The van der Waals surface area contributed by atoms with Crippen LogP contribution < -0.4 is 10.4 Å². The zero-order valence-corrected chi connectivity index (χ0v) is 18.1. The first kappa shape index (κ1) is 21.5. The molecule has 4 aromatic rings. The van der Waals surface area contributed by atoms with E-state index in [1.807, 2.05) is 54.6 Å². The normalized spacial score (nSPS) is 10.9. The van der Waals surface area contributed by atoms with Gasteiger partial charge in [0.1, 0.15) is 12.1 Å². The van der Waals surface area contributed by atoms with Gasteiger partial charge in [0.05, 0.1) is 13.7 Å². The zero-order valence-electron chi connectivity index (χ0n) is 17.4. The van der Waals surface area contributed by atoms with Crippen LogP contribution in [0.2, 0.25) is 0 Å². The molecule has 1 amide bonds. The molecule has 0 N–H and O–H groups in total. The maximum atomic E-state index is 13.5. The fourth-order valence-electron chi connectivity index (χ4n) is 3.31. The number of halogens is 1. The van der Waals surface area contributed by atoms with Crippen molar-refractivity contribution < 1.29 is 9.53 Å². The Hall–Kier alpha value is -3.72. The van der Waals surface area contributed by atoms with Gasteiger partial charge in [-0.25, -0.2) is 14.2 Å². The lowest BCUT2D eigenvalue weighted by Crippen LogP contribution is -2.32. The van der Waals surface area contributed by atoms with Crippen LogP contribution in [0.1, 0.15) is 21.6 Å². The molecule has 0 aliphatic heterocycles. The fraction of sp³-hybridized carbons (Fsp3) is 0.227. The van der Waals surface area contributed by atoms with Gasteiger partial charge in [0.25, 0.3) is 5.91 Å². The minimum absolute atomic E-state index is 0.0667. The highest BCUT2D eigenvalue weighted by Gasteiger charge is 2.24. The van der Waals surface area contributed by atoms with Crippen molar-refractivity contribution in [1.82, 2.24) is 29.3 Å². The Morgan fingerprint density at radius 1 is 1.06 bits per heavy atom. The molecule has 4 rings (SSSR count). The van der Waals surface area contributed by atoms with Crippen LogP contribution >= 0.6 is 11.6 Å². The Morgan fingerprint density at radius 2 is 1.75 bits per heavy atom. The molecule has 0 aliphatic rings. The average molecular weight is 453 g/mol. The molecular weight excluding hydrogens is 432 g/mol. The molecule has 0 radical (unpaired) electrons. The number of rotatable bonds is 8. The summed E-state index contributed by atoms with van der Waals surface area (Å²) in [6.45, 7) is 0.914. The predicted molar refractivity (Wildman–Crippen MR) is 119 cm³/mol. The van der Waals surface area contributed by atoms with Crippen molar-refractivity contribution in [3.63, 3.8) is 0 Å². The van der Waals surface area contributed by atoms with Crippen LogP contribution in [-0.2, 0) is 19.6 Å². The van der Waals surface area contributed by atoms with Crippen molar-refractivity contribution in [2.75, 3.05) is 13.0 Å². The number of carbonyl (C=O) groups excluding carboxylic acids is 1. The number of hydrogen-bond donors (Lipinski definition) is 0. The van der Waals surface area contributed by atoms with Gasteiger partial charge in [-0.15, -0.1) is 16.7 Å². The third-order valence-corrected chi connectivity index (χ3v) is 5.12. The van der Waals surface area contributed by atoms with E-state index >= 15 is 0 Å². The first-order valence-corrected chi connectivity index (χ1v) is 10.5. The first-order chi connectivity index (χ1) is 15.6. The maximum absolute atomic E-state index is 13.5. The number of imidazole rings is 1. The number of benzene rings is 2. The minimum atomic E-state index is -0.452. The van der Waals surface area contributed by atoms with Crippen molar-refractivity contribution in [3.8, 4) is 5.75 Å². The SMILES string of the molecule is COc1ccc(CN(Cc2ccccc2)C(=O)c2ncn3c(=O)n(CCCl)nnc23)cc1. The van der Waals surface area contributed by atoms with Crippen LogP contribution in [0, 0.1) is 0 Å². The Kier molecular flexibility index (Phi) is 6.46. The number of methoxy groups -OCH3 is 1. The van der Waals surface area contributed by atoms with Crippen LogP contribution in [-0.4, -0.2) is 48.2 Å². The van der Waals surface area contributed by atoms with Gasteiger partial charge in [-0.2, -0.15) is 4.68 Å². The second kappa shape index (κ2) is 9.61. The molecule has 0 aliphatic carbocycles. The van der Waals surface area contributed by atoms with Crippen molar-refractivity contribution in [2.24, 2.45) is 0 Å². The number of hydrogen-bond acceptors (Lipinski definition) is 6. The third kappa shape index (κ3) is 4.47. The second-order valence-electron chi connectivity index (χ2n) is 7.07. The Bertz CT molecular complexity index is 1270. The average Bonchev–Trinajstić information content (AvgIpc) is 3.26. The highest BCUT2D eigenvalue weighted by molar-refractivity contribution is 6.17. The highest BCUT2D eigenvalue weighted by atomic mass is 35.5. The molecule has 164 valence electrons. The van der Waals surface area contributed by atoms with Crippen molar-refractivity contribution in [1.29, 1.82) is 0 Å². The van der Waals surface area contributed by atoms with Crippen LogP contribution in [0.3, 0.4) is 0 Å². The Morgan fingerprint density at radius 3 is 2.41 bits per heavy atom. The van der Waals surface area contributed by atoms with Crippen LogP contribution in [0.5, 0.6) is 5.75 Å². The highest BCUT2D eigenvalue weighted by Crippen LogP contribution is 2.17. The number of aromatic nitrogens is 5. The molecule has 2 aromatic carbocycles. The summed E-state index contributed by atoms with van der Waals surface area (Å²) in [5.74, 6) is 0.599. The van der Waals surface area contributed by atoms with Gasteiger partial charge >= 0.3 is 5.69 Å². The first-order valence-electron chi connectivity index (χ1n) is 9.93. The summed E-state index contributed by atoms with van der Waals surface area (Å²) in [7, 11) is 1.60. The van der Waals surface area contributed by atoms with Crippen molar-refractivity contribution in [3.05, 3.63) is 88.2 Å². The van der Waals surface area contributed by atoms with E-state index in [1.165, 1.54) is 10.7 Å². The summed E-state index contributed by atoms with van der Waals surface area (Å²) < 4.78 is 7.56. The molecule has 0 saturated carbocycles. The van der Waals surface area contributed by atoms with E-state index in [-0.39, 0.29) is 29.7 Å². The lowest BCUT2D eigenvalue weighted by atomic mass is 10.1. The third-order valence-electron chi connectivity index (χ3n) is 4.95. The molecule has 2 heterocycles.